The van der Waals surface area contributed by atoms with E-state index in [2.05, 4.69) is 5.32 Å². The molecular formula is C13H14N2O5. The Morgan fingerprint density at radius 1 is 1.45 bits per heavy atom. The van der Waals surface area contributed by atoms with Crippen molar-refractivity contribution >= 4 is 23.6 Å². The van der Waals surface area contributed by atoms with E-state index in [-0.39, 0.29) is 30.1 Å². The summed E-state index contributed by atoms with van der Waals surface area (Å²) in [6.07, 6.45) is 0.129. The lowest BCUT2D eigenvalue weighted by atomic mass is 10.1. The summed E-state index contributed by atoms with van der Waals surface area (Å²) in [5, 5.41) is 11.3. The molecule has 7 nitrogen and oxygen atoms in total. The average Bonchev–Trinajstić information content (AvgIpc) is 2.38. The Morgan fingerprint density at radius 3 is 2.80 bits per heavy atom. The van der Waals surface area contributed by atoms with Crippen LogP contribution in [0.4, 0.5) is 10.5 Å². The summed E-state index contributed by atoms with van der Waals surface area (Å²) in [5.41, 5.74) is 0.200. The van der Waals surface area contributed by atoms with E-state index < -0.39 is 12.0 Å². The van der Waals surface area contributed by atoms with Gasteiger partial charge >= 0.3 is 12.0 Å². The van der Waals surface area contributed by atoms with Crippen LogP contribution in [0.1, 0.15) is 23.7 Å². The molecule has 0 atom stereocenters. The summed E-state index contributed by atoms with van der Waals surface area (Å²) < 4.78 is 5.31. The summed E-state index contributed by atoms with van der Waals surface area (Å²) in [6.45, 7) is 2.37. The minimum Gasteiger partial charge on any atom is -0.494 e. The SMILES string of the molecule is CCOc1ccc(C(=O)O)c(N2CCC(=O)NC2=O)c1. The highest BCUT2D eigenvalue weighted by Crippen LogP contribution is 2.27. The fraction of sp³-hybridized carbons (Fsp3) is 0.308. The number of ether oxygens (including phenoxy) is 1. The number of hydrogen-bond acceptors (Lipinski definition) is 4. The summed E-state index contributed by atoms with van der Waals surface area (Å²) in [5.74, 6) is -1.05. The molecule has 20 heavy (non-hydrogen) atoms. The lowest BCUT2D eigenvalue weighted by Crippen LogP contribution is -2.50. The fourth-order valence-corrected chi connectivity index (χ4v) is 1.97. The van der Waals surface area contributed by atoms with E-state index in [4.69, 9.17) is 4.74 Å². The van der Waals surface area contributed by atoms with E-state index in [1.165, 1.54) is 23.1 Å². The maximum atomic E-state index is 11.8. The third kappa shape index (κ3) is 2.71. The Kier molecular flexibility index (Phi) is 3.88. The standard InChI is InChI=1S/C13H14N2O5/c1-2-20-8-3-4-9(12(17)18)10(7-8)15-6-5-11(16)14-13(15)19/h3-4,7H,2,5-6H2,1H3,(H,17,18)(H,14,16,19). The molecule has 106 valence electrons. The quantitative estimate of drug-likeness (QED) is 0.863. The average molecular weight is 278 g/mol. The molecule has 1 aliphatic heterocycles. The van der Waals surface area contributed by atoms with Gasteiger partial charge in [-0.25, -0.2) is 9.59 Å². The zero-order valence-electron chi connectivity index (χ0n) is 10.9. The topological polar surface area (TPSA) is 95.9 Å². The molecule has 0 bridgehead atoms. The molecule has 1 saturated heterocycles. The van der Waals surface area contributed by atoms with E-state index in [1.807, 2.05) is 0 Å². The number of amides is 3. The minimum absolute atomic E-state index is 0.0158. The van der Waals surface area contributed by atoms with Gasteiger partial charge in [0, 0.05) is 19.0 Å². The second-order valence-corrected chi connectivity index (χ2v) is 4.17. The van der Waals surface area contributed by atoms with E-state index in [0.717, 1.165) is 0 Å². The minimum atomic E-state index is -1.15. The first-order valence-electron chi connectivity index (χ1n) is 6.14. The molecule has 0 spiro atoms. The Balaban J connectivity index is 2.41. The third-order valence-corrected chi connectivity index (χ3v) is 2.86. The number of carboxylic acids is 1. The number of rotatable bonds is 4. The molecule has 0 saturated carbocycles. The number of nitrogens with one attached hydrogen (secondary N) is 1. The molecule has 3 amide bonds. The number of anilines is 1. The van der Waals surface area contributed by atoms with Crippen LogP contribution < -0.4 is 15.0 Å². The van der Waals surface area contributed by atoms with Crippen LogP contribution in [0.25, 0.3) is 0 Å². The van der Waals surface area contributed by atoms with Gasteiger partial charge in [0.2, 0.25) is 5.91 Å². The number of carbonyl (C=O) groups is 3. The number of imide groups is 1. The van der Waals surface area contributed by atoms with Crippen molar-refractivity contribution in [3.05, 3.63) is 23.8 Å². The van der Waals surface area contributed by atoms with Gasteiger partial charge in [0.1, 0.15) is 5.75 Å². The molecule has 1 heterocycles. The predicted octanol–water partition coefficient (Wildman–Crippen LogP) is 1.23. The number of nitrogens with zero attached hydrogens (tertiary/aromatic N) is 1. The molecular weight excluding hydrogens is 264 g/mol. The summed E-state index contributed by atoms with van der Waals surface area (Å²) in [4.78, 5) is 35.4. The summed E-state index contributed by atoms with van der Waals surface area (Å²) >= 11 is 0. The monoisotopic (exact) mass is 278 g/mol. The van der Waals surface area contributed by atoms with Gasteiger partial charge < -0.3 is 9.84 Å². The van der Waals surface area contributed by atoms with Crippen LogP contribution >= 0.6 is 0 Å². The molecule has 2 rings (SSSR count). The van der Waals surface area contributed by atoms with Crippen molar-refractivity contribution in [2.45, 2.75) is 13.3 Å². The molecule has 1 aromatic rings. The van der Waals surface area contributed by atoms with Gasteiger partial charge in [0.15, 0.2) is 0 Å². The Hall–Kier alpha value is -2.57. The second kappa shape index (κ2) is 5.60. The molecule has 1 fully saturated rings. The van der Waals surface area contributed by atoms with Gasteiger partial charge in [-0.2, -0.15) is 0 Å². The first-order chi connectivity index (χ1) is 9.52. The van der Waals surface area contributed by atoms with Crippen LogP contribution in [0.2, 0.25) is 0 Å². The fourth-order valence-electron chi connectivity index (χ4n) is 1.97. The normalized spacial score (nSPS) is 14.9. The maximum Gasteiger partial charge on any atom is 0.337 e. The largest absolute Gasteiger partial charge is 0.494 e. The van der Waals surface area contributed by atoms with Crippen molar-refractivity contribution in [3.63, 3.8) is 0 Å². The number of benzene rings is 1. The van der Waals surface area contributed by atoms with Crippen LogP contribution in [-0.2, 0) is 4.79 Å². The molecule has 1 aromatic carbocycles. The third-order valence-electron chi connectivity index (χ3n) is 2.86. The Bertz CT molecular complexity index is 570. The van der Waals surface area contributed by atoms with Gasteiger partial charge in [-0.05, 0) is 19.1 Å². The number of carbonyl (C=O) groups excluding carboxylic acids is 2. The van der Waals surface area contributed by atoms with Gasteiger partial charge in [0.05, 0.1) is 17.9 Å². The zero-order chi connectivity index (χ0) is 14.7. The number of carboxylic acid groups (broad SMARTS) is 1. The van der Waals surface area contributed by atoms with E-state index in [0.29, 0.717) is 12.4 Å². The van der Waals surface area contributed by atoms with Crippen LogP contribution in [0, 0.1) is 0 Å². The number of hydrogen-bond donors (Lipinski definition) is 2. The zero-order valence-corrected chi connectivity index (χ0v) is 10.9. The molecule has 1 aliphatic rings. The van der Waals surface area contributed by atoms with Crippen molar-refractivity contribution < 1.29 is 24.2 Å². The van der Waals surface area contributed by atoms with Gasteiger partial charge in [-0.1, -0.05) is 0 Å². The van der Waals surface area contributed by atoms with Crippen molar-refractivity contribution in [2.24, 2.45) is 0 Å². The van der Waals surface area contributed by atoms with Crippen LogP contribution in [-0.4, -0.2) is 36.2 Å². The molecule has 0 unspecified atom stereocenters. The first kappa shape index (κ1) is 13.9. The van der Waals surface area contributed by atoms with Crippen LogP contribution in [0.3, 0.4) is 0 Å². The molecule has 0 aromatic heterocycles. The number of aromatic carboxylic acids is 1. The maximum absolute atomic E-state index is 11.8. The Morgan fingerprint density at radius 2 is 2.20 bits per heavy atom. The van der Waals surface area contributed by atoms with Crippen molar-refractivity contribution in [1.29, 1.82) is 0 Å². The van der Waals surface area contributed by atoms with Gasteiger partial charge in [-0.3, -0.25) is 15.0 Å². The van der Waals surface area contributed by atoms with Crippen LogP contribution in [0.5, 0.6) is 5.75 Å². The highest BCUT2D eigenvalue weighted by molar-refractivity contribution is 6.08. The molecule has 7 heteroatoms. The van der Waals surface area contributed by atoms with E-state index in [9.17, 15) is 19.5 Å². The first-order valence-corrected chi connectivity index (χ1v) is 6.14. The summed E-state index contributed by atoms with van der Waals surface area (Å²) in [6, 6.07) is 3.77. The van der Waals surface area contributed by atoms with E-state index >= 15 is 0 Å². The lowest BCUT2D eigenvalue weighted by Gasteiger charge is -2.27. The smallest absolute Gasteiger partial charge is 0.337 e. The van der Waals surface area contributed by atoms with Gasteiger partial charge in [0.25, 0.3) is 0 Å². The highest BCUT2D eigenvalue weighted by Gasteiger charge is 2.27. The predicted molar refractivity (Wildman–Crippen MR) is 70.1 cm³/mol. The molecule has 2 N–H and O–H groups in total. The Labute approximate surface area is 115 Å². The highest BCUT2D eigenvalue weighted by atomic mass is 16.5. The second-order valence-electron chi connectivity index (χ2n) is 4.17. The van der Waals surface area contributed by atoms with Crippen molar-refractivity contribution in [3.8, 4) is 5.75 Å². The summed E-state index contributed by atoms with van der Waals surface area (Å²) in [7, 11) is 0. The van der Waals surface area contributed by atoms with Crippen molar-refractivity contribution in [2.75, 3.05) is 18.1 Å². The number of urea groups is 1. The lowest BCUT2D eigenvalue weighted by molar-refractivity contribution is -0.120. The van der Waals surface area contributed by atoms with E-state index in [1.54, 1.807) is 6.92 Å². The van der Waals surface area contributed by atoms with Crippen LogP contribution in [0.15, 0.2) is 18.2 Å². The molecule has 0 aliphatic carbocycles. The molecule has 0 radical (unpaired) electrons. The van der Waals surface area contributed by atoms with Gasteiger partial charge in [-0.15, -0.1) is 0 Å². The van der Waals surface area contributed by atoms with Crippen molar-refractivity contribution in [1.82, 2.24) is 5.32 Å².